The van der Waals surface area contributed by atoms with Crippen LogP contribution in [0.2, 0.25) is 0 Å². The highest BCUT2D eigenvalue weighted by molar-refractivity contribution is 5.82. The van der Waals surface area contributed by atoms with Crippen LogP contribution in [-0.4, -0.2) is 53.4 Å². The molecule has 0 bridgehead atoms. The third-order valence-electron chi connectivity index (χ3n) is 4.15. The zero-order valence-corrected chi connectivity index (χ0v) is 12.4. The lowest BCUT2D eigenvalue weighted by Gasteiger charge is -2.20. The first-order valence-corrected chi connectivity index (χ1v) is 7.49. The third kappa shape index (κ3) is 3.56. The van der Waals surface area contributed by atoms with Gasteiger partial charge in [0.25, 0.3) is 5.92 Å². The van der Waals surface area contributed by atoms with Crippen LogP contribution in [0.1, 0.15) is 18.4 Å². The largest absolute Gasteiger partial charge is 0.366 e. The molecule has 8 heteroatoms. The molecule has 0 aromatic carbocycles. The number of nitrogens with one attached hydrogen (secondary N) is 2. The van der Waals surface area contributed by atoms with Crippen LogP contribution < -0.4 is 10.6 Å². The number of rotatable bonds is 3. The Morgan fingerprint density at radius 2 is 2.35 bits per heavy atom. The summed E-state index contributed by atoms with van der Waals surface area (Å²) in [6.07, 6.45) is 1.73. The number of likely N-dealkylation sites (tertiary alicyclic amines) is 1. The maximum absolute atomic E-state index is 13.2. The summed E-state index contributed by atoms with van der Waals surface area (Å²) in [6.45, 7) is 0.181. The van der Waals surface area contributed by atoms with Gasteiger partial charge in [0.2, 0.25) is 5.91 Å². The highest BCUT2D eigenvalue weighted by Gasteiger charge is 2.43. The van der Waals surface area contributed by atoms with E-state index in [0.29, 0.717) is 24.3 Å². The van der Waals surface area contributed by atoms with E-state index >= 15 is 0 Å². The number of carbonyl (C=O) groups excluding carboxylic acids is 1. The molecule has 0 unspecified atom stereocenters. The van der Waals surface area contributed by atoms with E-state index < -0.39 is 18.5 Å². The molecule has 6 nitrogen and oxygen atoms in total. The lowest BCUT2D eigenvalue weighted by atomic mass is 10.1. The monoisotopic (exact) mass is 321 g/mol. The fraction of sp³-hybridized carbons (Fsp3) is 0.533. The molecule has 0 saturated carbocycles. The van der Waals surface area contributed by atoms with Crippen molar-refractivity contribution in [3.8, 4) is 6.07 Å². The van der Waals surface area contributed by atoms with Crippen molar-refractivity contribution in [2.24, 2.45) is 0 Å². The van der Waals surface area contributed by atoms with Gasteiger partial charge < -0.3 is 15.5 Å². The Bertz CT molecular complexity index is 628. The summed E-state index contributed by atoms with van der Waals surface area (Å²) in [5.74, 6) is -2.41. The second kappa shape index (κ2) is 6.08. The standard InChI is InChI=1S/C15H17F2N5O/c16-15(17)3-4-22(9-15)14(23)12-5-11(8-19-12)21-13-2-1-10(6-18)7-20-13/h1-2,7,11-12,19H,3-5,8-9H2,(H,20,21)/t11-,12-/m0/s1. The van der Waals surface area contributed by atoms with Gasteiger partial charge in [-0.05, 0) is 18.6 Å². The maximum Gasteiger partial charge on any atom is 0.267 e. The minimum absolute atomic E-state index is 0.00695. The summed E-state index contributed by atoms with van der Waals surface area (Å²) >= 11 is 0. The summed E-state index contributed by atoms with van der Waals surface area (Å²) < 4.78 is 26.4. The van der Waals surface area contributed by atoms with Crippen molar-refractivity contribution in [1.29, 1.82) is 5.26 Å². The molecule has 122 valence electrons. The Kier molecular flexibility index (Phi) is 4.13. The van der Waals surface area contributed by atoms with Crippen molar-refractivity contribution in [1.82, 2.24) is 15.2 Å². The predicted octanol–water partition coefficient (Wildman–Crippen LogP) is 0.963. The van der Waals surface area contributed by atoms with E-state index in [0.717, 1.165) is 0 Å². The van der Waals surface area contributed by atoms with Gasteiger partial charge in [-0.1, -0.05) is 0 Å². The van der Waals surface area contributed by atoms with Crippen LogP contribution in [0.5, 0.6) is 0 Å². The molecule has 2 N–H and O–H groups in total. The van der Waals surface area contributed by atoms with Crippen LogP contribution in [-0.2, 0) is 4.79 Å². The number of amides is 1. The van der Waals surface area contributed by atoms with Crippen molar-refractivity contribution in [3.63, 3.8) is 0 Å². The van der Waals surface area contributed by atoms with E-state index in [1.54, 1.807) is 12.1 Å². The van der Waals surface area contributed by atoms with Crippen LogP contribution in [0.3, 0.4) is 0 Å². The number of halogens is 2. The Hall–Kier alpha value is -2.27. The highest BCUT2D eigenvalue weighted by atomic mass is 19.3. The Balaban J connectivity index is 1.54. The number of nitrogens with zero attached hydrogens (tertiary/aromatic N) is 3. The molecule has 1 aromatic heterocycles. The number of nitriles is 1. The van der Waals surface area contributed by atoms with Crippen LogP contribution in [0.4, 0.5) is 14.6 Å². The molecule has 0 spiro atoms. The number of aromatic nitrogens is 1. The fourth-order valence-corrected chi connectivity index (χ4v) is 2.93. The van der Waals surface area contributed by atoms with Gasteiger partial charge in [-0.2, -0.15) is 5.26 Å². The molecule has 0 radical (unpaired) electrons. The second-order valence-corrected chi connectivity index (χ2v) is 5.95. The molecule has 0 aliphatic carbocycles. The molecule has 1 aromatic rings. The van der Waals surface area contributed by atoms with Crippen molar-refractivity contribution >= 4 is 11.7 Å². The molecule has 2 aliphatic rings. The predicted molar refractivity (Wildman–Crippen MR) is 78.9 cm³/mol. The van der Waals surface area contributed by atoms with Gasteiger partial charge in [0, 0.05) is 31.7 Å². The number of anilines is 1. The van der Waals surface area contributed by atoms with Gasteiger partial charge in [0.15, 0.2) is 0 Å². The van der Waals surface area contributed by atoms with E-state index in [1.165, 1.54) is 11.1 Å². The lowest BCUT2D eigenvalue weighted by Crippen LogP contribution is -2.43. The van der Waals surface area contributed by atoms with Gasteiger partial charge in [0.05, 0.1) is 18.2 Å². The van der Waals surface area contributed by atoms with Gasteiger partial charge in [-0.25, -0.2) is 13.8 Å². The zero-order valence-electron chi connectivity index (χ0n) is 12.4. The van der Waals surface area contributed by atoms with E-state index in [-0.39, 0.29) is 24.9 Å². The topological polar surface area (TPSA) is 81.0 Å². The first kappa shape index (κ1) is 15.6. The van der Waals surface area contributed by atoms with Gasteiger partial charge in [0.1, 0.15) is 11.9 Å². The Morgan fingerprint density at radius 1 is 1.52 bits per heavy atom. The third-order valence-corrected chi connectivity index (χ3v) is 4.15. The van der Waals surface area contributed by atoms with Crippen LogP contribution in [0.15, 0.2) is 18.3 Å². The lowest BCUT2D eigenvalue weighted by molar-refractivity contribution is -0.133. The van der Waals surface area contributed by atoms with Gasteiger partial charge in [-0.15, -0.1) is 0 Å². The molecule has 3 heterocycles. The normalized spacial score (nSPS) is 26.0. The molecule has 2 aliphatic heterocycles. The molecule has 1 amide bonds. The summed E-state index contributed by atoms with van der Waals surface area (Å²) in [5, 5.41) is 15.0. The van der Waals surface area contributed by atoms with E-state index in [1.807, 2.05) is 6.07 Å². The van der Waals surface area contributed by atoms with Crippen molar-refractivity contribution in [2.45, 2.75) is 30.8 Å². The fourth-order valence-electron chi connectivity index (χ4n) is 2.93. The minimum atomic E-state index is -2.77. The summed E-state index contributed by atoms with van der Waals surface area (Å²) in [5.41, 5.74) is 0.475. The number of pyridine rings is 1. The number of hydrogen-bond acceptors (Lipinski definition) is 5. The van der Waals surface area contributed by atoms with Gasteiger partial charge >= 0.3 is 0 Å². The SMILES string of the molecule is N#Cc1ccc(N[C@@H]2CN[C@H](C(=O)N3CCC(F)(F)C3)C2)nc1. The number of alkyl halides is 2. The first-order valence-electron chi connectivity index (χ1n) is 7.49. The zero-order chi connectivity index (χ0) is 16.4. The molecular formula is C15H17F2N5O. The van der Waals surface area contributed by atoms with Crippen molar-refractivity contribution < 1.29 is 13.6 Å². The van der Waals surface area contributed by atoms with Crippen LogP contribution >= 0.6 is 0 Å². The minimum Gasteiger partial charge on any atom is -0.366 e. The number of carbonyl (C=O) groups is 1. The molecule has 2 saturated heterocycles. The van der Waals surface area contributed by atoms with Crippen molar-refractivity contribution in [2.75, 3.05) is 25.0 Å². The molecule has 2 fully saturated rings. The average Bonchev–Trinajstić information content (AvgIpc) is 3.14. The van der Waals surface area contributed by atoms with E-state index in [2.05, 4.69) is 15.6 Å². The number of hydrogen-bond donors (Lipinski definition) is 2. The molecule has 2 atom stereocenters. The molecule has 23 heavy (non-hydrogen) atoms. The van der Waals surface area contributed by atoms with Crippen LogP contribution in [0.25, 0.3) is 0 Å². The summed E-state index contributed by atoms with van der Waals surface area (Å²) in [4.78, 5) is 17.6. The maximum atomic E-state index is 13.2. The molecular weight excluding hydrogens is 304 g/mol. The smallest absolute Gasteiger partial charge is 0.267 e. The summed E-state index contributed by atoms with van der Waals surface area (Å²) in [6, 6.07) is 4.90. The summed E-state index contributed by atoms with van der Waals surface area (Å²) in [7, 11) is 0. The quantitative estimate of drug-likeness (QED) is 0.867. The van der Waals surface area contributed by atoms with Gasteiger partial charge in [-0.3, -0.25) is 4.79 Å². The first-order chi connectivity index (χ1) is 11.0. The molecule has 3 rings (SSSR count). The van der Waals surface area contributed by atoms with Crippen molar-refractivity contribution in [3.05, 3.63) is 23.9 Å². The van der Waals surface area contributed by atoms with E-state index in [4.69, 9.17) is 5.26 Å². The van der Waals surface area contributed by atoms with E-state index in [9.17, 15) is 13.6 Å². The Morgan fingerprint density at radius 3 is 2.96 bits per heavy atom. The highest BCUT2D eigenvalue weighted by Crippen LogP contribution is 2.28. The van der Waals surface area contributed by atoms with Crippen LogP contribution in [0, 0.1) is 11.3 Å². The Labute approximate surface area is 132 Å². The second-order valence-electron chi connectivity index (χ2n) is 5.95. The average molecular weight is 321 g/mol.